The quantitative estimate of drug-likeness (QED) is 0.842. The van der Waals surface area contributed by atoms with E-state index in [4.69, 9.17) is 9.84 Å². The van der Waals surface area contributed by atoms with E-state index in [-0.39, 0.29) is 5.41 Å². The van der Waals surface area contributed by atoms with Crippen molar-refractivity contribution in [1.82, 2.24) is 0 Å². The maximum atomic E-state index is 10.9. The molecule has 118 valence electrons. The zero-order valence-corrected chi connectivity index (χ0v) is 13.4. The van der Waals surface area contributed by atoms with Crippen LogP contribution in [0.5, 0.6) is 5.75 Å². The van der Waals surface area contributed by atoms with Crippen LogP contribution in [0.1, 0.15) is 47.3 Å². The Morgan fingerprint density at radius 2 is 1.74 bits per heavy atom. The lowest BCUT2D eigenvalue weighted by molar-refractivity contribution is 0.0697. The summed E-state index contributed by atoms with van der Waals surface area (Å²) >= 11 is 0. The average Bonchev–Trinajstić information content (AvgIpc) is 2.53. The Balaban J connectivity index is 1.84. The van der Waals surface area contributed by atoms with E-state index in [0.29, 0.717) is 5.56 Å². The fourth-order valence-corrected chi connectivity index (χ4v) is 2.79. The molecule has 1 aliphatic rings. The third-order valence-corrected chi connectivity index (χ3v) is 4.34. The molecule has 0 saturated heterocycles. The first-order chi connectivity index (χ1) is 11.0. The summed E-state index contributed by atoms with van der Waals surface area (Å²) in [6.45, 7) is 5.25. The molecule has 0 saturated carbocycles. The second kappa shape index (κ2) is 5.92. The fraction of sp³-hybridized carbons (Fsp3) is 0.250. The van der Waals surface area contributed by atoms with Crippen LogP contribution in [-0.4, -0.2) is 17.7 Å². The fourth-order valence-electron chi connectivity index (χ4n) is 2.79. The second-order valence-corrected chi connectivity index (χ2v) is 6.50. The maximum absolute atomic E-state index is 10.9. The summed E-state index contributed by atoms with van der Waals surface area (Å²) in [5.74, 6) is 0.0710. The van der Waals surface area contributed by atoms with Crippen LogP contribution in [0, 0.1) is 0 Å². The van der Waals surface area contributed by atoms with Gasteiger partial charge < -0.3 is 9.84 Å². The number of fused-ring (bicyclic) bond motifs is 1. The van der Waals surface area contributed by atoms with Crippen molar-refractivity contribution < 1.29 is 14.6 Å². The summed E-state index contributed by atoms with van der Waals surface area (Å²) in [5, 5.41) is 8.92. The van der Waals surface area contributed by atoms with Crippen LogP contribution >= 0.6 is 0 Å². The van der Waals surface area contributed by atoms with Crippen molar-refractivity contribution in [3.63, 3.8) is 0 Å². The highest BCUT2D eigenvalue weighted by Gasteiger charge is 2.28. The van der Waals surface area contributed by atoms with Crippen LogP contribution in [0.25, 0.3) is 12.2 Å². The number of carboxylic acid groups (broad SMARTS) is 1. The van der Waals surface area contributed by atoms with Gasteiger partial charge in [0.2, 0.25) is 0 Å². The van der Waals surface area contributed by atoms with Crippen molar-refractivity contribution in [2.24, 2.45) is 0 Å². The van der Waals surface area contributed by atoms with Crippen molar-refractivity contribution >= 4 is 18.1 Å². The van der Waals surface area contributed by atoms with Gasteiger partial charge in [-0.15, -0.1) is 0 Å². The van der Waals surface area contributed by atoms with Crippen LogP contribution in [0.2, 0.25) is 0 Å². The summed E-state index contributed by atoms with van der Waals surface area (Å²) in [7, 11) is 0. The average molecular weight is 308 g/mol. The van der Waals surface area contributed by atoms with Gasteiger partial charge in [0.1, 0.15) is 5.75 Å². The first kappa shape index (κ1) is 15.3. The van der Waals surface area contributed by atoms with E-state index in [0.717, 1.165) is 29.9 Å². The molecule has 0 fully saturated rings. The van der Waals surface area contributed by atoms with E-state index in [9.17, 15) is 4.79 Å². The summed E-state index contributed by atoms with van der Waals surface area (Å²) < 4.78 is 5.73. The second-order valence-electron chi connectivity index (χ2n) is 6.50. The molecule has 23 heavy (non-hydrogen) atoms. The van der Waals surface area contributed by atoms with E-state index in [1.54, 1.807) is 12.1 Å². The zero-order valence-electron chi connectivity index (χ0n) is 13.4. The first-order valence-corrected chi connectivity index (χ1v) is 7.74. The van der Waals surface area contributed by atoms with Gasteiger partial charge in [-0.25, -0.2) is 4.79 Å². The monoisotopic (exact) mass is 308 g/mol. The Bertz CT molecular complexity index is 755. The highest BCUT2D eigenvalue weighted by Crippen LogP contribution is 2.38. The van der Waals surface area contributed by atoms with Crippen molar-refractivity contribution in [3.8, 4) is 5.75 Å². The van der Waals surface area contributed by atoms with Gasteiger partial charge in [0.05, 0.1) is 12.2 Å². The molecule has 1 heterocycles. The van der Waals surface area contributed by atoms with Gasteiger partial charge in [0, 0.05) is 5.56 Å². The number of ether oxygens (including phenoxy) is 1. The topological polar surface area (TPSA) is 46.5 Å². The summed E-state index contributed by atoms with van der Waals surface area (Å²) in [6, 6.07) is 13.1. The van der Waals surface area contributed by atoms with Crippen molar-refractivity contribution in [1.29, 1.82) is 0 Å². The Morgan fingerprint density at radius 3 is 2.43 bits per heavy atom. The number of aromatic carboxylic acids is 1. The number of hydrogen-bond donors (Lipinski definition) is 1. The van der Waals surface area contributed by atoms with E-state index >= 15 is 0 Å². The van der Waals surface area contributed by atoms with Crippen molar-refractivity contribution in [2.75, 3.05) is 6.61 Å². The van der Waals surface area contributed by atoms with Crippen molar-refractivity contribution in [2.45, 2.75) is 25.7 Å². The highest BCUT2D eigenvalue weighted by molar-refractivity contribution is 5.88. The van der Waals surface area contributed by atoms with Crippen molar-refractivity contribution in [3.05, 3.63) is 64.7 Å². The summed E-state index contributed by atoms with van der Waals surface area (Å²) in [6.07, 6.45) is 5.05. The van der Waals surface area contributed by atoms with E-state index in [1.807, 2.05) is 36.4 Å². The van der Waals surface area contributed by atoms with E-state index in [1.165, 1.54) is 5.56 Å². The zero-order chi connectivity index (χ0) is 16.4. The SMILES string of the molecule is CC1(C)CCOc2ccc(C=Cc3ccc(C(=O)O)cc3)cc21. The van der Waals surface area contributed by atoms with Gasteiger partial charge in [0.25, 0.3) is 0 Å². The van der Waals surface area contributed by atoms with Gasteiger partial charge in [-0.2, -0.15) is 0 Å². The lowest BCUT2D eigenvalue weighted by atomic mass is 9.79. The largest absolute Gasteiger partial charge is 0.493 e. The standard InChI is InChI=1S/C20H20O3/c1-20(2)11-12-23-18-10-7-15(13-17(18)20)4-3-14-5-8-16(9-6-14)19(21)22/h3-10,13H,11-12H2,1-2H3,(H,21,22). The molecular weight excluding hydrogens is 288 g/mol. The van der Waals surface area contributed by atoms with Crippen LogP contribution in [-0.2, 0) is 5.41 Å². The molecule has 2 aromatic carbocycles. The number of rotatable bonds is 3. The minimum atomic E-state index is -0.905. The summed E-state index contributed by atoms with van der Waals surface area (Å²) in [4.78, 5) is 10.9. The predicted molar refractivity (Wildman–Crippen MR) is 91.9 cm³/mol. The molecular formula is C20H20O3. The molecule has 0 atom stereocenters. The van der Waals surface area contributed by atoms with Crippen LogP contribution in [0.15, 0.2) is 42.5 Å². The lowest BCUT2D eigenvalue weighted by Gasteiger charge is -2.32. The van der Waals surface area contributed by atoms with E-state index in [2.05, 4.69) is 19.9 Å². The molecule has 1 aliphatic heterocycles. The summed E-state index contributed by atoms with van der Waals surface area (Å²) in [5.41, 5.74) is 3.76. The Morgan fingerprint density at radius 1 is 1.09 bits per heavy atom. The molecule has 0 amide bonds. The number of hydrogen-bond acceptors (Lipinski definition) is 2. The molecule has 0 aromatic heterocycles. The van der Waals surface area contributed by atoms with Gasteiger partial charge in [0.15, 0.2) is 0 Å². The smallest absolute Gasteiger partial charge is 0.335 e. The Kier molecular flexibility index (Phi) is 3.95. The molecule has 2 aromatic rings. The molecule has 3 heteroatoms. The first-order valence-electron chi connectivity index (χ1n) is 7.74. The molecule has 1 N–H and O–H groups in total. The van der Waals surface area contributed by atoms with Crippen LogP contribution < -0.4 is 4.74 Å². The minimum absolute atomic E-state index is 0.126. The Hall–Kier alpha value is -2.55. The maximum Gasteiger partial charge on any atom is 0.335 e. The number of carbonyl (C=O) groups is 1. The highest BCUT2D eigenvalue weighted by atomic mass is 16.5. The Labute approximate surface area is 136 Å². The molecule has 0 unspecified atom stereocenters. The minimum Gasteiger partial charge on any atom is -0.493 e. The van der Waals surface area contributed by atoms with Gasteiger partial charge in [-0.05, 0) is 47.2 Å². The molecule has 0 radical (unpaired) electrons. The van der Waals surface area contributed by atoms with Crippen LogP contribution in [0.4, 0.5) is 0 Å². The molecule has 0 bridgehead atoms. The molecule has 3 rings (SSSR count). The number of carboxylic acids is 1. The lowest BCUT2D eigenvalue weighted by Crippen LogP contribution is -2.26. The molecule has 0 aliphatic carbocycles. The molecule has 0 spiro atoms. The third-order valence-electron chi connectivity index (χ3n) is 4.34. The van der Waals surface area contributed by atoms with Crippen LogP contribution in [0.3, 0.4) is 0 Å². The van der Waals surface area contributed by atoms with Gasteiger partial charge in [-0.1, -0.05) is 44.2 Å². The van der Waals surface area contributed by atoms with Gasteiger partial charge in [-0.3, -0.25) is 0 Å². The third kappa shape index (κ3) is 3.29. The predicted octanol–water partition coefficient (Wildman–Crippen LogP) is 4.62. The molecule has 3 nitrogen and oxygen atoms in total. The number of benzene rings is 2. The normalized spacial score (nSPS) is 15.9. The van der Waals surface area contributed by atoms with E-state index < -0.39 is 5.97 Å². The van der Waals surface area contributed by atoms with Gasteiger partial charge >= 0.3 is 5.97 Å².